The summed E-state index contributed by atoms with van der Waals surface area (Å²) in [6.07, 6.45) is 4.66. The van der Waals surface area contributed by atoms with Crippen LogP contribution in [0.2, 0.25) is 0 Å². The van der Waals surface area contributed by atoms with Crippen LogP contribution in [0.25, 0.3) is 0 Å². The van der Waals surface area contributed by atoms with E-state index in [1.807, 2.05) is 12.3 Å². The summed E-state index contributed by atoms with van der Waals surface area (Å²) in [6.45, 7) is 7.96. The molecule has 2 aliphatic heterocycles. The first-order chi connectivity index (χ1) is 12.6. The van der Waals surface area contributed by atoms with Crippen LogP contribution in [0.15, 0.2) is 29.3 Å². The van der Waals surface area contributed by atoms with E-state index in [1.54, 1.807) is 6.20 Å². The molecule has 0 bridgehead atoms. The molecule has 2 aliphatic rings. The zero-order valence-electron chi connectivity index (χ0n) is 15.3. The lowest BCUT2D eigenvalue weighted by molar-refractivity contribution is -0.00576. The second-order valence-corrected chi connectivity index (χ2v) is 7.30. The Morgan fingerprint density at radius 3 is 2.85 bits per heavy atom. The van der Waals surface area contributed by atoms with Crippen molar-refractivity contribution in [3.63, 3.8) is 0 Å². The molecule has 0 unspecified atom stereocenters. The van der Waals surface area contributed by atoms with Gasteiger partial charge in [0.15, 0.2) is 0 Å². The molecule has 7 heteroatoms. The first-order valence-corrected chi connectivity index (χ1v) is 9.22. The maximum Gasteiger partial charge on any atom is 0.255 e. The number of morpholine rings is 1. The van der Waals surface area contributed by atoms with Gasteiger partial charge in [0.1, 0.15) is 0 Å². The third-order valence-corrected chi connectivity index (χ3v) is 4.99. The minimum atomic E-state index is -0.00201. The SMILES string of the molecule is C[C@@H]1CN(c2nc3c(c(=O)[nH]2)CCN(Cc2cccnc2)C3)C[C@H](C)O1. The van der Waals surface area contributed by atoms with Gasteiger partial charge in [-0.1, -0.05) is 6.07 Å². The van der Waals surface area contributed by atoms with E-state index >= 15 is 0 Å². The molecule has 4 heterocycles. The van der Waals surface area contributed by atoms with Crippen LogP contribution < -0.4 is 10.5 Å². The molecule has 0 spiro atoms. The Labute approximate surface area is 153 Å². The number of hydrogen-bond donors (Lipinski definition) is 1. The predicted molar refractivity (Wildman–Crippen MR) is 99.1 cm³/mol. The van der Waals surface area contributed by atoms with E-state index in [1.165, 1.54) is 5.56 Å². The third-order valence-electron chi connectivity index (χ3n) is 4.99. The van der Waals surface area contributed by atoms with Crippen LogP contribution in [0.4, 0.5) is 5.95 Å². The summed E-state index contributed by atoms with van der Waals surface area (Å²) in [5, 5.41) is 0. The number of nitrogens with zero attached hydrogens (tertiary/aromatic N) is 4. The van der Waals surface area contributed by atoms with Crippen molar-refractivity contribution in [2.45, 2.75) is 45.6 Å². The van der Waals surface area contributed by atoms with Crippen LogP contribution in [0.3, 0.4) is 0 Å². The predicted octanol–water partition coefficient (Wildman–Crippen LogP) is 1.34. The van der Waals surface area contributed by atoms with Gasteiger partial charge >= 0.3 is 0 Å². The summed E-state index contributed by atoms with van der Waals surface area (Å²) < 4.78 is 5.79. The van der Waals surface area contributed by atoms with Crippen molar-refractivity contribution in [3.8, 4) is 0 Å². The summed E-state index contributed by atoms with van der Waals surface area (Å²) in [5.74, 6) is 0.666. The van der Waals surface area contributed by atoms with Crippen LogP contribution in [0.1, 0.15) is 30.7 Å². The van der Waals surface area contributed by atoms with Gasteiger partial charge in [0.05, 0.1) is 17.9 Å². The van der Waals surface area contributed by atoms with Crippen molar-refractivity contribution >= 4 is 5.95 Å². The lowest BCUT2D eigenvalue weighted by Gasteiger charge is -2.36. The first kappa shape index (κ1) is 17.2. The minimum Gasteiger partial charge on any atom is -0.372 e. The molecule has 1 N–H and O–H groups in total. The number of fused-ring (bicyclic) bond motifs is 1. The molecule has 2 aromatic rings. The summed E-state index contributed by atoms with van der Waals surface area (Å²) in [7, 11) is 0. The Balaban J connectivity index is 1.55. The number of rotatable bonds is 3. The molecule has 1 saturated heterocycles. The maximum absolute atomic E-state index is 12.6. The van der Waals surface area contributed by atoms with E-state index in [-0.39, 0.29) is 17.8 Å². The fourth-order valence-corrected chi connectivity index (χ4v) is 3.87. The van der Waals surface area contributed by atoms with Gasteiger partial charge in [-0.15, -0.1) is 0 Å². The average Bonchev–Trinajstić information content (AvgIpc) is 2.61. The van der Waals surface area contributed by atoms with E-state index in [4.69, 9.17) is 9.72 Å². The number of aromatic nitrogens is 3. The van der Waals surface area contributed by atoms with E-state index in [0.717, 1.165) is 43.9 Å². The molecule has 0 saturated carbocycles. The number of aromatic amines is 1. The highest BCUT2D eigenvalue weighted by atomic mass is 16.5. The Kier molecular flexibility index (Phi) is 4.74. The highest BCUT2D eigenvalue weighted by Crippen LogP contribution is 2.20. The van der Waals surface area contributed by atoms with E-state index in [0.29, 0.717) is 12.5 Å². The normalized spacial score (nSPS) is 23.7. The number of pyridine rings is 1. The van der Waals surface area contributed by atoms with Crippen LogP contribution in [0, 0.1) is 0 Å². The molecule has 4 rings (SSSR count). The molecule has 2 atom stereocenters. The molecule has 0 aliphatic carbocycles. The second-order valence-electron chi connectivity index (χ2n) is 7.30. The van der Waals surface area contributed by atoms with Crippen LogP contribution in [-0.2, 0) is 24.2 Å². The Hall–Kier alpha value is -2.25. The fraction of sp³-hybridized carbons (Fsp3) is 0.526. The number of ether oxygens (including phenoxy) is 1. The Morgan fingerprint density at radius 1 is 1.31 bits per heavy atom. The fourth-order valence-electron chi connectivity index (χ4n) is 3.87. The molecule has 0 radical (unpaired) electrons. The van der Waals surface area contributed by atoms with Gasteiger partial charge in [-0.25, -0.2) is 4.98 Å². The number of anilines is 1. The molecule has 0 amide bonds. The summed E-state index contributed by atoms with van der Waals surface area (Å²) >= 11 is 0. The third kappa shape index (κ3) is 3.64. The van der Waals surface area contributed by atoms with Crippen LogP contribution in [-0.4, -0.2) is 51.7 Å². The number of H-pyrrole nitrogens is 1. The van der Waals surface area contributed by atoms with Gasteiger partial charge < -0.3 is 9.64 Å². The number of hydrogen-bond acceptors (Lipinski definition) is 6. The maximum atomic E-state index is 12.6. The van der Waals surface area contributed by atoms with Crippen LogP contribution >= 0.6 is 0 Å². The van der Waals surface area contributed by atoms with Crippen molar-refractivity contribution < 1.29 is 4.74 Å². The molecule has 7 nitrogen and oxygen atoms in total. The van der Waals surface area contributed by atoms with Crippen molar-refractivity contribution in [2.24, 2.45) is 0 Å². The van der Waals surface area contributed by atoms with Crippen LogP contribution in [0.5, 0.6) is 0 Å². The quantitative estimate of drug-likeness (QED) is 0.896. The zero-order chi connectivity index (χ0) is 18.1. The zero-order valence-corrected chi connectivity index (χ0v) is 15.3. The molecule has 138 valence electrons. The average molecular weight is 355 g/mol. The van der Waals surface area contributed by atoms with E-state index in [9.17, 15) is 4.79 Å². The highest BCUT2D eigenvalue weighted by Gasteiger charge is 2.26. The molecule has 2 aromatic heterocycles. The van der Waals surface area contributed by atoms with Gasteiger partial charge in [0.25, 0.3) is 5.56 Å². The summed E-state index contributed by atoms with van der Waals surface area (Å²) in [5.41, 5.74) is 2.89. The molecular weight excluding hydrogens is 330 g/mol. The molecule has 26 heavy (non-hydrogen) atoms. The van der Waals surface area contributed by atoms with Crippen molar-refractivity contribution in [2.75, 3.05) is 24.5 Å². The van der Waals surface area contributed by atoms with Gasteiger partial charge in [-0.3, -0.25) is 19.7 Å². The summed E-state index contributed by atoms with van der Waals surface area (Å²) in [6, 6.07) is 4.03. The molecular formula is C19H25N5O2. The monoisotopic (exact) mass is 355 g/mol. The standard InChI is InChI=1S/C19H25N5O2/c1-13-9-24(10-14(2)26-13)19-21-17-12-23(7-5-16(17)18(25)22-19)11-15-4-3-6-20-8-15/h3-4,6,8,13-14H,5,7,9-12H2,1-2H3,(H,21,22,25)/t13-,14+. The van der Waals surface area contributed by atoms with Crippen molar-refractivity contribution in [3.05, 3.63) is 51.7 Å². The highest BCUT2D eigenvalue weighted by molar-refractivity contribution is 5.35. The minimum absolute atomic E-state index is 0.00201. The van der Waals surface area contributed by atoms with E-state index in [2.05, 4.69) is 39.7 Å². The van der Waals surface area contributed by atoms with Gasteiger partial charge in [-0.05, 0) is 31.9 Å². The Bertz CT molecular complexity index is 812. The summed E-state index contributed by atoms with van der Waals surface area (Å²) in [4.78, 5) is 29.0. The smallest absolute Gasteiger partial charge is 0.255 e. The lowest BCUT2D eigenvalue weighted by Crippen LogP contribution is -2.47. The van der Waals surface area contributed by atoms with Gasteiger partial charge in [-0.2, -0.15) is 0 Å². The van der Waals surface area contributed by atoms with Crippen molar-refractivity contribution in [1.29, 1.82) is 0 Å². The first-order valence-electron chi connectivity index (χ1n) is 9.22. The van der Waals surface area contributed by atoms with Gasteiger partial charge in [0.2, 0.25) is 5.95 Å². The molecule has 1 fully saturated rings. The lowest BCUT2D eigenvalue weighted by atomic mass is 10.1. The van der Waals surface area contributed by atoms with Crippen molar-refractivity contribution in [1.82, 2.24) is 19.9 Å². The largest absolute Gasteiger partial charge is 0.372 e. The topological polar surface area (TPSA) is 74.4 Å². The molecule has 0 aromatic carbocycles. The Morgan fingerprint density at radius 2 is 2.12 bits per heavy atom. The van der Waals surface area contributed by atoms with E-state index < -0.39 is 0 Å². The second kappa shape index (κ2) is 7.17. The number of nitrogens with one attached hydrogen (secondary N) is 1. The van der Waals surface area contributed by atoms with Gasteiger partial charge in [0, 0.05) is 50.7 Å².